The average molecular weight is 284 g/mol. The summed E-state index contributed by atoms with van der Waals surface area (Å²) in [5, 5.41) is 3.88. The number of methoxy groups -OCH3 is 1. The Morgan fingerprint density at radius 2 is 1.86 bits per heavy atom. The summed E-state index contributed by atoms with van der Waals surface area (Å²) in [7, 11) is 1.58. The summed E-state index contributed by atoms with van der Waals surface area (Å²) < 4.78 is 10.5. The minimum absolute atomic E-state index is 0.0900. The fourth-order valence-electron chi connectivity index (χ4n) is 1.64. The number of para-hydroxylation sites is 2. The number of amides is 1. The van der Waals surface area contributed by atoms with Crippen LogP contribution in [0.15, 0.2) is 59.7 Å². The SMILES string of the molecule is COc1ccccc1/C=N/NC(=O)COc1ccccc1. The van der Waals surface area contributed by atoms with E-state index in [9.17, 15) is 4.79 Å². The van der Waals surface area contributed by atoms with Crippen LogP contribution in [0.4, 0.5) is 0 Å². The van der Waals surface area contributed by atoms with Crippen LogP contribution in [-0.2, 0) is 4.79 Å². The molecule has 0 fully saturated rings. The van der Waals surface area contributed by atoms with E-state index in [2.05, 4.69) is 10.5 Å². The number of carbonyl (C=O) groups excluding carboxylic acids is 1. The standard InChI is InChI=1S/C16H16N2O3/c1-20-15-10-6-5-7-13(15)11-17-18-16(19)12-21-14-8-3-2-4-9-14/h2-11H,12H2,1H3,(H,18,19)/b17-11+. The number of nitrogens with zero attached hydrogens (tertiary/aromatic N) is 1. The van der Waals surface area contributed by atoms with Gasteiger partial charge in [0.05, 0.1) is 13.3 Å². The van der Waals surface area contributed by atoms with Crippen molar-refractivity contribution in [3.05, 3.63) is 60.2 Å². The van der Waals surface area contributed by atoms with Crippen LogP contribution in [0.3, 0.4) is 0 Å². The van der Waals surface area contributed by atoms with Crippen LogP contribution in [0.5, 0.6) is 11.5 Å². The van der Waals surface area contributed by atoms with Gasteiger partial charge in [-0.3, -0.25) is 4.79 Å². The zero-order valence-electron chi connectivity index (χ0n) is 11.7. The molecule has 2 aromatic carbocycles. The molecule has 0 aromatic heterocycles. The second-order valence-corrected chi connectivity index (χ2v) is 4.14. The molecule has 0 atom stereocenters. The van der Waals surface area contributed by atoms with Gasteiger partial charge >= 0.3 is 0 Å². The molecule has 0 radical (unpaired) electrons. The lowest BCUT2D eigenvalue weighted by atomic mass is 10.2. The molecule has 5 heteroatoms. The van der Waals surface area contributed by atoms with Crippen LogP contribution in [0.2, 0.25) is 0 Å². The number of ether oxygens (including phenoxy) is 2. The molecule has 1 N–H and O–H groups in total. The highest BCUT2D eigenvalue weighted by Gasteiger charge is 2.01. The third-order valence-corrected chi connectivity index (χ3v) is 2.64. The van der Waals surface area contributed by atoms with Crippen molar-refractivity contribution in [1.29, 1.82) is 0 Å². The second-order valence-electron chi connectivity index (χ2n) is 4.14. The Balaban J connectivity index is 1.82. The van der Waals surface area contributed by atoms with Crippen LogP contribution in [0.25, 0.3) is 0 Å². The molecule has 0 heterocycles. The van der Waals surface area contributed by atoms with Crippen molar-refractivity contribution in [2.75, 3.05) is 13.7 Å². The molecule has 21 heavy (non-hydrogen) atoms. The van der Waals surface area contributed by atoms with E-state index < -0.39 is 0 Å². The van der Waals surface area contributed by atoms with Gasteiger partial charge in [-0.05, 0) is 24.3 Å². The number of benzene rings is 2. The second kappa shape index (κ2) is 7.69. The lowest BCUT2D eigenvalue weighted by molar-refractivity contribution is -0.123. The molecule has 5 nitrogen and oxygen atoms in total. The lowest BCUT2D eigenvalue weighted by Crippen LogP contribution is -2.24. The normalized spacial score (nSPS) is 10.3. The van der Waals surface area contributed by atoms with Crippen LogP contribution in [0, 0.1) is 0 Å². The van der Waals surface area contributed by atoms with E-state index in [4.69, 9.17) is 9.47 Å². The van der Waals surface area contributed by atoms with Crippen LogP contribution < -0.4 is 14.9 Å². The molecule has 108 valence electrons. The van der Waals surface area contributed by atoms with E-state index in [1.807, 2.05) is 42.5 Å². The minimum Gasteiger partial charge on any atom is -0.496 e. The van der Waals surface area contributed by atoms with Gasteiger partial charge in [0.2, 0.25) is 0 Å². The predicted octanol–water partition coefficient (Wildman–Crippen LogP) is 2.22. The topological polar surface area (TPSA) is 59.9 Å². The summed E-state index contributed by atoms with van der Waals surface area (Å²) >= 11 is 0. The van der Waals surface area contributed by atoms with Gasteiger partial charge in [0.25, 0.3) is 5.91 Å². The maximum Gasteiger partial charge on any atom is 0.277 e. The number of nitrogens with one attached hydrogen (secondary N) is 1. The highest BCUT2D eigenvalue weighted by Crippen LogP contribution is 2.14. The molecule has 0 aliphatic rings. The third-order valence-electron chi connectivity index (χ3n) is 2.64. The van der Waals surface area contributed by atoms with E-state index in [-0.39, 0.29) is 12.5 Å². The van der Waals surface area contributed by atoms with E-state index in [0.29, 0.717) is 11.5 Å². The first-order valence-corrected chi connectivity index (χ1v) is 6.42. The van der Waals surface area contributed by atoms with Gasteiger partial charge in [0.1, 0.15) is 11.5 Å². The Kier molecular flexibility index (Phi) is 5.34. The Labute approximate surface area is 123 Å². The van der Waals surface area contributed by atoms with Crippen molar-refractivity contribution in [3.63, 3.8) is 0 Å². The van der Waals surface area contributed by atoms with Gasteiger partial charge in [-0.15, -0.1) is 0 Å². The van der Waals surface area contributed by atoms with E-state index >= 15 is 0 Å². The van der Waals surface area contributed by atoms with E-state index in [1.165, 1.54) is 6.21 Å². The van der Waals surface area contributed by atoms with Crippen molar-refractivity contribution in [2.45, 2.75) is 0 Å². The van der Waals surface area contributed by atoms with Gasteiger partial charge in [0.15, 0.2) is 6.61 Å². The molecule has 0 saturated heterocycles. The summed E-state index contributed by atoms with van der Waals surface area (Å²) in [6, 6.07) is 16.5. The molecule has 2 aromatic rings. The molecule has 0 bridgehead atoms. The molecular formula is C16H16N2O3. The monoisotopic (exact) mass is 284 g/mol. The van der Waals surface area contributed by atoms with Gasteiger partial charge in [-0.2, -0.15) is 5.10 Å². The molecule has 0 spiro atoms. The fourth-order valence-corrected chi connectivity index (χ4v) is 1.64. The molecule has 0 aliphatic heterocycles. The van der Waals surface area contributed by atoms with Crippen LogP contribution >= 0.6 is 0 Å². The molecule has 0 aliphatic carbocycles. The highest BCUT2D eigenvalue weighted by molar-refractivity contribution is 5.85. The predicted molar refractivity (Wildman–Crippen MR) is 80.7 cm³/mol. The van der Waals surface area contributed by atoms with Gasteiger partial charge in [0, 0.05) is 5.56 Å². The van der Waals surface area contributed by atoms with Gasteiger partial charge < -0.3 is 9.47 Å². The summed E-state index contributed by atoms with van der Waals surface area (Å²) in [6.45, 7) is -0.0900. The summed E-state index contributed by atoms with van der Waals surface area (Å²) in [4.78, 5) is 11.6. The van der Waals surface area contributed by atoms with Crippen molar-refractivity contribution in [1.82, 2.24) is 5.43 Å². The van der Waals surface area contributed by atoms with Crippen LogP contribution in [-0.4, -0.2) is 25.8 Å². The number of hydrogen-bond acceptors (Lipinski definition) is 4. The van der Waals surface area contributed by atoms with Crippen molar-refractivity contribution < 1.29 is 14.3 Å². The first-order valence-electron chi connectivity index (χ1n) is 6.42. The number of carbonyl (C=O) groups is 1. The van der Waals surface area contributed by atoms with Crippen molar-refractivity contribution in [3.8, 4) is 11.5 Å². The van der Waals surface area contributed by atoms with Crippen LogP contribution in [0.1, 0.15) is 5.56 Å². The zero-order valence-corrected chi connectivity index (χ0v) is 11.7. The molecule has 1 amide bonds. The molecular weight excluding hydrogens is 268 g/mol. The molecule has 0 saturated carbocycles. The van der Waals surface area contributed by atoms with Gasteiger partial charge in [-0.1, -0.05) is 30.3 Å². The Hall–Kier alpha value is -2.82. The van der Waals surface area contributed by atoms with E-state index in [0.717, 1.165) is 5.56 Å². The quantitative estimate of drug-likeness (QED) is 0.653. The smallest absolute Gasteiger partial charge is 0.277 e. The maximum absolute atomic E-state index is 11.6. The van der Waals surface area contributed by atoms with Crippen molar-refractivity contribution in [2.24, 2.45) is 5.10 Å². The van der Waals surface area contributed by atoms with Gasteiger partial charge in [-0.25, -0.2) is 5.43 Å². The van der Waals surface area contributed by atoms with E-state index in [1.54, 1.807) is 19.2 Å². The Bertz CT molecular complexity index is 612. The summed E-state index contributed by atoms with van der Waals surface area (Å²) in [6.07, 6.45) is 1.53. The summed E-state index contributed by atoms with van der Waals surface area (Å²) in [5.74, 6) is 1.00. The first-order chi connectivity index (χ1) is 10.3. The zero-order chi connectivity index (χ0) is 14.9. The maximum atomic E-state index is 11.6. The largest absolute Gasteiger partial charge is 0.496 e. The molecule has 0 unspecified atom stereocenters. The lowest BCUT2D eigenvalue weighted by Gasteiger charge is -2.05. The van der Waals surface area contributed by atoms with Crippen molar-refractivity contribution >= 4 is 12.1 Å². The summed E-state index contributed by atoms with van der Waals surface area (Å²) in [5.41, 5.74) is 3.18. The number of rotatable bonds is 6. The fraction of sp³-hybridized carbons (Fsp3) is 0.125. The molecule has 2 rings (SSSR count). The Morgan fingerprint density at radius 1 is 1.14 bits per heavy atom. The minimum atomic E-state index is -0.329. The third kappa shape index (κ3) is 4.65. The average Bonchev–Trinajstić information content (AvgIpc) is 2.54. The Morgan fingerprint density at radius 3 is 2.62 bits per heavy atom. The first kappa shape index (κ1) is 14.6. The number of hydrogen-bond donors (Lipinski definition) is 1. The highest BCUT2D eigenvalue weighted by atomic mass is 16.5. The number of hydrazone groups is 1.